The number of nitrogens with zero attached hydrogens (tertiary/aromatic N) is 1. The van der Waals surface area contributed by atoms with Gasteiger partial charge in [-0.25, -0.2) is 0 Å². The zero-order valence-electron chi connectivity index (χ0n) is 11.1. The van der Waals surface area contributed by atoms with Crippen LogP contribution in [0.2, 0.25) is 0 Å². The second kappa shape index (κ2) is 6.82. The molecule has 0 amide bonds. The highest BCUT2D eigenvalue weighted by Crippen LogP contribution is 2.23. The Bertz CT molecular complexity index is 542. The maximum atomic E-state index is 11.2. The molecule has 0 saturated heterocycles. The van der Waals surface area contributed by atoms with Crippen molar-refractivity contribution in [1.29, 1.82) is 0 Å². The second-order valence-corrected chi connectivity index (χ2v) is 4.73. The fourth-order valence-corrected chi connectivity index (χ4v) is 2.25. The number of rotatable bonds is 6. The molecule has 104 valence electrons. The molecule has 0 heterocycles. The normalized spacial score (nSPS) is 13.7. The Labute approximate surface area is 117 Å². The van der Waals surface area contributed by atoms with Gasteiger partial charge in [0.2, 0.25) is 0 Å². The van der Waals surface area contributed by atoms with Crippen LogP contribution >= 0.6 is 0 Å². The third-order valence-corrected chi connectivity index (χ3v) is 3.30. The second-order valence-electron chi connectivity index (χ2n) is 4.73. The Morgan fingerprint density at radius 2 is 1.55 bits per heavy atom. The molecule has 2 aromatic rings. The van der Waals surface area contributed by atoms with E-state index in [2.05, 4.69) is 0 Å². The molecule has 0 aliphatic rings. The molecule has 0 aliphatic carbocycles. The van der Waals surface area contributed by atoms with E-state index in [0.29, 0.717) is 18.4 Å². The summed E-state index contributed by atoms with van der Waals surface area (Å²) in [4.78, 5) is 10.8. The quantitative estimate of drug-likeness (QED) is 0.649. The smallest absolute Gasteiger partial charge is 0.263 e. The molecule has 2 atom stereocenters. The van der Waals surface area contributed by atoms with Gasteiger partial charge in [-0.2, -0.15) is 0 Å². The number of aliphatic hydroxyl groups is 1. The predicted octanol–water partition coefficient (Wildman–Crippen LogP) is 3.00. The van der Waals surface area contributed by atoms with Crippen LogP contribution in [0.15, 0.2) is 60.7 Å². The summed E-state index contributed by atoms with van der Waals surface area (Å²) in [6.45, 7) is 0. The van der Waals surface area contributed by atoms with E-state index in [1.54, 1.807) is 30.3 Å². The first-order valence-electron chi connectivity index (χ1n) is 6.59. The Morgan fingerprint density at radius 3 is 2.10 bits per heavy atom. The van der Waals surface area contributed by atoms with Gasteiger partial charge in [0.05, 0.1) is 0 Å². The van der Waals surface area contributed by atoms with E-state index in [-0.39, 0.29) is 0 Å². The third kappa shape index (κ3) is 3.65. The molecule has 0 aromatic heterocycles. The first-order chi connectivity index (χ1) is 9.68. The van der Waals surface area contributed by atoms with Crippen molar-refractivity contribution in [3.05, 3.63) is 81.9 Å². The topological polar surface area (TPSA) is 63.4 Å². The van der Waals surface area contributed by atoms with Crippen LogP contribution in [0.5, 0.6) is 0 Å². The van der Waals surface area contributed by atoms with E-state index < -0.39 is 17.1 Å². The van der Waals surface area contributed by atoms with Crippen LogP contribution in [-0.4, -0.2) is 16.1 Å². The molecule has 0 saturated carbocycles. The van der Waals surface area contributed by atoms with Gasteiger partial charge < -0.3 is 5.11 Å². The molecule has 0 fully saturated rings. The van der Waals surface area contributed by atoms with E-state index >= 15 is 0 Å². The first-order valence-corrected chi connectivity index (χ1v) is 6.59. The molecule has 0 spiro atoms. The lowest BCUT2D eigenvalue weighted by Gasteiger charge is -2.16. The van der Waals surface area contributed by atoms with Gasteiger partial charge in [0.1, 0.15) is 6.10 Å². The van der Waals surface area contributed by atoms with Crippen LogP contribution in [0.3, 0.4) is 0 Å². The summed E-state index contributed by atoms with van der Waals surface area (Å²) in [7, 11) is 0. The third-order valence-electron chi connectivity index (χ3n) is 3.30. The monoisotopic (exact) mass is 271 g/mol. The van der Waals surface area contributed by atoms with E-state index in [1.807, 2.05) is 30.3 Å². The molecule has 20 heavy (non-hydrogen) atoms. The van der Waals surface area contributed by atoms with Crippen molar-refractivity contribution in [2.24, 2.45) is 0 Å². The highest BCUT2D eigenvalue weighted by Gasteiger charge is 2.31. The van der Waals surface area contributed by atoms with Crippen LogP contribution < -0.4 is 0 Å². The maximum Gasteiger partial charge on any atom is 0.263 e. The molecule has 0 aliphatic heterocycles. The fraction of sp³-hybridized carbons (Fsp3) is 0.250. The minimum Gasteiger partial charge on any atom is -0.386 e. The Hall–Kier alpha value is -2.20. The first kappa shape index (κ1) is 14.2. The molecule has 1 N–H and O–H groups in total. The summed E-state index contributed by atoms with van der Waals surface area (Å²) in [5, 5.41) is 21.4. The lowest BCUT2D eigenvalue weighted by Crippen LogP contribution is -2.26. The number of aryl methyl sites for hydroxylation is 1. The Morgan fingerprint density at radius 1 is 1.00 bits per heavy atom. The van der Waals surface area contributed by atoms with E-state index in [1.165, 1.54) is 0 Å². The van der Waals surface area contributed by atoms with Gasteiger partial charge in [0.15, 0.2) is 0 Å². The molecule has 0 radical (unpaired) electrons. The minimum absolute atomic E-state index is 0.366. The highest BCUT2D eigenvalue weighted by atomic mass is 16.6. The van der Waals surface area contributed by atoms with Gasteiger partial charge in [-0.15, -0.1) is 0 Å². The summed E-state index contributed by atoms with van der Waals surface area (Å²) >= 11 is 0. The number of hydrogen-bond acceptors (Lipinski definition) is 3. The summed E-state index contributed by atoms with van der Waals surface area (Å²) in [5.74, 6) is 0. The SMILES string of the molecule is O=[N+]([O-])[C@H](c1ccccc1)[C@@H](O)CCc1ccccc1. The molecule has 4 heteroatoms. The molecule has 2 rings (SSSR count). The maximum absolute atomic E-state index is 11.2. The average Bonchev–Trinajstić information content (AvgIpc) is 2.47. The van der Waals surface area contributed by atoms with Gasteiger partial charge >= 0.3 is 0 Å². The Balaban J connectivity index is 2.05. The summed E-state index contributed by atoms with van der Waals surface area (Å²) in [5.41, 5.74) is 1.61. The van der Waals surface area contributed by atoms with E-state index in [0.717, 1.165) is 5.56 Å². The number of aliphatic hydroxyl groups excluding tert-OH is 1. The summed E-state index contributed by atoms with van der Waals surface area (Å²) < 4.78 is 0. The molecule has 0 unspecified atom stereocenters. The lowest BCUT2D eigenvalue weighted by atomic mass is 9.97. The largest absolute Gasteiger partial charge is 0.386 e. The molecule has 4 nitrogen and oxygen atoms in total. The summed E-state index contributed by atoms with van der Waals surface area (Å²) in [6, 6.07) is 17.3. The van der Waals surface area contributed by atoms with Crippen molar-refractivity contribution in [3.63, 3.8) is 0 Å². The zero-order chi connectivity index (χ0) is 14.4. The van der Waals surface area contributed by atoms with Crippen molar-refractivity contribution in [3.8, 4) is 0 Å². The van der Waals surface area contributed by atoms with E-state index in [9.17, 15) is 15.2 Å². The average molecular weight is 271 g/mol. The van der Waals surface area contributed by atoms with Gasteiger partial charge in [0.25, 0.3) is 6.04 Å². The van der Waals surface area contributed by atoms with Gasteiger partial charge in [0, 0.05) is 10.5 Å². The van der Waals surface area contributed by atoms with Crippen LogP contribution in [0.1, 0.15) is 23.6 Å². The van der Waals surface area contributed by atoms with Crippen LogP contribution in [0.25, 0.3) is 0 Å². The van der Waals surface area contributed by atoms with Crippen LogP contribution in [-0.2, 0) is 6.42 Å². The highest BCUT2D eigenvalue weighted by molar-refractivity contribution is 5.19. The molecule has 2 aromatic carbocycles. The van der Waals surface area contributed by atoms with Crippen molar-refractivity contribution >= 4 is 0 Å². The van der Waals surface area contributed by atoms with Crippen LogP contribution in [0, 0.1) is 10.1 Å². The van der Waals surface area contributed by atoms with Gasteiger partial charge in [-0.1, -0.05) is 60.7 Å². The van der Waals surface area contributed by atoms with Crippen molar-refractivity contribution in [2.75, 3.05) is 0 Å². The fourth-order valence-electron chi connectivity index (χ4n) is 2.25. The predicted molar refractivity (Wildman–Crippen MR) is 76.9 cm³/mol. The van der Waals surface area contributed by atoms with Gasteiger partial charge in [-0.05, 0) is 18.4 Å². The number of hydrogen-bond donors (Lipinski definition) is 1. The van der Waals surface area contributed by atoms with Crippen molar-refractivity contribution < 1.29 is 10.0 Å². The molecular formula is C16H17NO3. The van der Waals surface area contributed by atoms with Crippen molar-refractivity contribution in [1.82, 2.24) is 0 Å². The standard InChI is InChI=1S/C16H17NO3/c18-15(12-11-13-7-3-1-4-8-13)16(17(19)20)14-9-5-2-6-10-14/h1-10,15-16,18H,11-12H2/t15-,16+/m0/s1. The summed E-state index contributed by atoms with van der Waals surface area (Å²) in [6.07, 6.45) is -0.00314. The van der Waals surface area contributed by atoms with Crippen molar-refractivity contribution in [2.45, 2.75) is 25.0 Å². The zero-order valence-corrected chi connectivity index (χ0v) is 11.1. The van der Waals surface area contributed by atoms with Crippen LogP contribution in [0.4, 0.5) is 0 Å². The lowest BCUT2D eigenvalue weighted by molar-refractivity contribution is -0.541. The molecular weight excluding hydrogens is 254 g/mol. The number of nitro groups is 1. The van der Waals surface area contributed by atoms with Gasteiger partial charge in [-0.3, -0.25) is 10.1 Å². The molecule has 0 bridgehead atoms. The Kier molecular flexibility index (Phi) is 4.85. The van der Waals surface area contributed by atoms with E-state index in [4.69, 9.17) is 0 Å². The number of benzene rings is 2. The minimum atomic E-state index is -1.07.